The van der Waals surface area contributed by atoms with Crippen molar-refractivity contribution in [2.75, 3.05) is 18.1 Å². The van der Waals surface area contributed by atoms with Crippen LogP contribution in [-0.4, -0.2) is 36.7 Å². The van der Waals surface area contributed by atoms with Gasteiger partial charge in [0.1, 0.15) is 0 Å². The number of nitrogens with zero attached hydrogens (tertiary/aromatic N) is 1. The number of aromatic amines is 1. The molecule has 6 heteroatoms. The highest BCUT2D eigenvalue weighted by Gasteiger charge is 2.27. The molecule has 1 saturated heterocycles. The number of rotatable bonds is 4. The molecule has 1 unspecified atom stereocenters. The fraction of sp³-hybridized carbons (Fsp3) is 0.700. The Labute approximate surface area is 95.6 Å². The van der Waals surface area contributed by atoms with Gasteiger partial charge < -0.3 is 5.32 Å². The molecular formula is C10H17N3O2S. The zero-order valence-electron chi connectivity index (χ0n) is 9.36. The summed E-state index contributed by atoms with van der Waals surface area (Å²) in [7, 11) is -2.75. The number of nitrogens with one attached hydrogen (secondary N) is 2. The monoisotopic (exact) mass is 243 g/mol. The van der Waals surface area contributed by atoms with Gasteiger partial charge in [0.05, 0.1) is 17.7 Å². The highest BCUT2D eigenvalue weighted by atomic mass is 32.2. The predicted molar refractivity (Wildman–Crippen MR) is 61.8 cm³/mol. The van der Waals surface area contributed by atoms with Crippen LogP contribution in [0.2, 0.25) is 0 Å². The number of aromatic nitrogens is 2. The van der Waals surface area contributed by atoms with Crippen LogP contribution in [0, 0.1) is 12.8 Å². The van der Waals surface area contributed by atoms with Gasteiger partial charge in [-0.05, 0) is 25.8 Å². The van der Waals surface area contributed by atoms with Gasteiger partial charge in [0.15, 0.2) is 9.84 Å². The molecule has 0 aromatic carbocycles. The van der Waals surface area contributed by atoms with Gasteiger partial charge in [0, 0.05) is 17.8 Å². The van der Waals surface area contributed by atoms with Crippen LogP contribution in [0.4, 0.5) is 0 Å². The third kappa shape index (κ3) is 2.82. The first-order valence-electron chi connectivity index (χ1n) is 5.47. The van der Waals surface area contributed by atoms with Gasteiger partial charge in [0.2, 0.25) is 0 Å². The van der Waals surface area contributed by atoms with Crippen LogP contribution in [0.15, 0.2) is 6.20 Å². The number of hydrogen-bond donors (Lipinski definition) is 2. The van der Waals surface area contributed by atoms with Crippen molar-refractivity contribution >= 4 is 9.84 Å². The second-order valence-electron chi connectivity index (χ2n) is 4.42. The van der Waals surface area contributed by atoms with Crippen molar-refractivity contribution in [3.05, 3.63) is 17.5 Å². The summed E-state index contributed by atoms with van der Waals surface area (Å²) in [6, 6.07) is 0. The number of aryl methyl sites for hydroxylation is 1. The summed E-state index contributed by atoms with van der Waals surface area (Å²) >= 11 is 0. The zero-order chi connectivity index (χ0) is 11.6. The third-order valence-corrected chi connectivity index (χ3v) is 4.85. The Balaban J connectivity index is 1.75. The fourth-order valence-corrected chi connectivity index (χ4v) is 3.86. The largest absolute Gasteiger partial charge is 0.312 e. The minimum atomic E-state index is -2.75. The quantitative estimate of drug-likeness (QED) is 0.794. The van der Waals surface area contributed by atoms with Crippen molar-refractivity contribution in [3.63, 3.8) is 0 Å². The summed E-state index contributed by atoms with van der Waals surface area (Å²) in [6.07, 6.45) is 2.59. The first-order valence-corrected chi connectivity index (χ1v) is 7.29. The van der Waals surface area contributed by atoms with Gasteiger partial charge in [-0.15, -0.1) is 0 Å². The number of sulfone groups is 1. The summed E-state index contributed by atoms with van der Waals surface area (Å²) in [5.74, 6) is 0.964. The van der Waals surface area contributed by atoms with Crippen molar-refractivity contribution in [2.45, 2.75) is 19.9 Å². The molecular weight excluding hydrogens is 226 g/mol. The maximum Gasteiger partial charge on any atom is 0.150 e. The highest BCUT2D eigenvalue weighted by Crippen LogP contribution is 2.17. The van der Waals surface area contributed by atoms with Gasteiger partial charge in [-0.1, -0.05) is 0 Å². The molecule has 0 saturated carbocycles. The van der Waals surface area contributed by atoms with E-state index in [0.29, 0.717) is 11.5 Å². The smallest absolute Gasteiger partial charge is 0.150 e. The lowest BCUT2D eigenvalue weighted by Crippen LogP contribution is -2.23. The molecule has 2 N–H and O–H groups in total. The Bertz CT molecular complexity index is 452. The van der Waals surface area contributed by atoms with Crippen molar-refractivity contribution in [3.8, 4) is 0 Å². The van der Waals surface area contributed by atoms with E-state index in [-0.39, 0.29) is 5.92 Å². The lowest BCUT2D eigenvalue weighted by Gasteiger charge is -2.08. The number of hydrogen-bond acceptors (Lipinski definition) is 4. The Morgan fingerprint density at radius 3 is 3.00 bits per heavy atom. The molecule has 0 radical (unpaired) electrons. The zero-order valence-corrected chi connectivity index (χ0v) is 10.2. The summed E-state index contributed by atoms with van der Waals surface area (Å²) < 4.78 is 22.5. The van der Waals surface area contributed by atoms with Crippen LogP contribution in [0.1, 0.15) is 17.7 Å². The average molecular weight is 243 g/mol. The molecule has 1 atom stereocenters. The molecule has 1 fully saturated rings. The molecule has 0 aliphatic carbocycles. The molecule has 16 heavy (non-hydrogen) atoms. The molecule has 0 amide bonds. The van der Waals surface area contributed by atoms with Crippen molar-refractivity contribution in [2.24, 2.45) is 5.92 Å². The summed E-state index contributed by atoms with van der Waals surface area (Å²) in [5.41, 5.74) is 2.20. The number of H-pyrrole nitrogens is 1. The van der Waals surface area contributed by atoms with Crippen LogP contribution in [0.5, 0.6) is 0 Å². The van der Waals surface area contributed by atoms with E-state index in [1.807, 2.05) is 6.92 Å². The predicted octanol–water partition coefficient (Wildman–Crippen LogP) is 0.242. The highest BCUT2D eigenvalue weighted by molar-refractivity contribution is 7.91. The Kier molecular flexibility index (Phi) is 3.30. The first kappa shape index (κ1) is 11.6. The normalized spacial score (nSPS) is 23.7. The second-order valence-corrected chi connectivity index (χ2v) is 6.65. The van der Waals surface area contributed by atoms with Crippen LogP contribution in [0.3, 0.4) is 0 Å². The second kappa shape index (κ2) is 4.55. The van der Waals surface area contributed by atoms with E-state index in [1.165, 1.54) is 0 Å². The van der Waals surface area contributed by atoms with Crippen molar-refractivity contribution < 1.29 is 8.42 Å². The van der Waals surface area contributed by atoms with E-state index in [0.717, 1.165) is 30.8 Å². The van der Waals surface area contributed by atoms with Gasteiger partial charge >= 0.3 is 0 Å². The van der Waals surface area contributed by atoms with Crippen LogP contribution < -0.4 is 5.32 Å². The van der Waals surface area contributed by atoms with Gasteiger partial charge in [0.25, 0.3) is 0 Å². The minimum absolute atomic E-state index is 0.275. The van der Waals surface area contributed by atoms with Gasteiger partial charge in [-0.3, -0.25) is 5.10 Å². The molecule has 1 aliphatic heterocycles. The molecule has 1 aromatic heterocycles. The first-order chi connectivity index (χ1) is 7.57. The molecule has 1 aromatic rings. The lowest BCUT2D eigenvalue weighted by molar-refractivity contribution is 0.520. The molecule has 90 valence electrons. The third-order valence-electron chi connectivity index (χ3n) is 3.01. The topological polar surface area (TPSA) is 74.8 Å². The van der Waals surface area contributed by atoms with E-state index in [1.54, 1.807) is 6.20 Å². The Hall–Kier alpha value is -0.880. The SMILES string of the molecule is Cc1[nH]ncc1CNCC1CCS(=O)(=O)C1. The molecule has 0 spiro atoms. The standard InChI is InChI=1S/C10H17N3O2S/c1-8-10(6-12-13-8)5-11-4-9-2-3-16(14,15)7-9/h6,9,11H,2-5,7H2,1H3,(H,12,13). The molecule has 1 aliphatic rings. The maximum atomic E-state index is 11.2. The van der Waals surface area contributed by atoms with Crippen molar-refractivity contribution in [1.82, 2.24) is 15.5 Å². The lowest BCUT2D eigenvalue weighted by atomic mass is 10.1. The van der Waals surface area contributed by atoms with E-state index in [4.69, 9.17) is 0 Å². The Morgan fingerprint density at radius 2 is 2.44 bits per heavy atom. The van der Waals surface area contributed by atoms with E-state index >= 15 is 0 Å². The van der Waals surface area contributed by atoms with E-state index in [2.05, 4.69) is 15.5 Å². The van der Waals surface area contributed by atoms with Crippen LogP contribution in [0.25, 0.3) is 0 Å². The molecule has 2 rings (SSSR count). The summed E-state index contributed by atoms with van der Waals surface area (Å²) in [4.78, 5) is 0. The summed E-state index contributed by atoms with van der Waals surface area (Å²) in [6.45, 7) is 3.49. The fourth-order valence-electron chi connectivity index (χ4n) is 2.00. The molecule has 0 bridgehead atoms. The average Bonchev–Trinajstić information content (AvgIpc) is 2.74. The van der Waals surface area contributed by atoms with E-state index < -0.39 is 9.84 Å². The molecule has 2 heterocycles. The minimum Gasteiger partial charge on any atom is -0.312 e. The van der Waals surface area contributed by atoms with Gasteiger partial charge in [-0.25, -0.2) is 8.42 Å². The van der Waals surface area contributed by atoms with Crippen LogP contribution in [-0.2, 0) is 16.4 Å². The van der Waals surface area contributed by atoms with Crippen molar-refractivity contribution in [1.29, 1.82) is 0 Å². The molecule has 5 nitrogen and oxygen atoms in total. The summed E-state index contributed by atoms with van der Waals surface area (Å²) in [5, 5.41) is 10.1. The van der Waals surface area contributed by atoms with E-state index in [9.17, 15) is 8.42 Å². The maximum absolute atomic E-state index is 11.2. The van der Waals surface area contributed by atoms with Gasteiger partial charge in [-0.2, -0.15) is 5.10 Å². The Morgan fingerprint density at radius 1 is 1.62 bits per heavy atom. The van der Waals surface area contributed by atoms with Crippen LogP contribution >= 0.6 is 0 Å².